The van der Waals surface area contributed by atoms with E-state index in [0.717, 1.165) is 4.88 Å². The van der Waals surface area contributed by atoms with Crippen LogP contribution in [0.4, 0.5) is 4.79 Å². The monoisotopic (exact) mass is 298 g/mol. The number of urea groups is 1. The van der Waals surface area contributed by atoms with Crippen molar-refractivity contribution in [3.05, 3.63) is 22.4 Å². The fourth-order valence-corrected chi connectivity index (χ4v) is 2.37. The van der Waals surface area contributed by atoms with Crippen LogP contribution in [0.3, 0.4) is 0 Å². The van der Waals surface area contributed by atoms with Crippen molar-refractivity contribution in [2.75, 3.05) is 7.05 Å². The molecule has 0 radical (unpaired) electrons. The first-order valence-electron chi connectivity index (χ1n) is 6.21. The van der Waals surface area contributed by atoms with Crippen LogP contribution in [-0.4, -0.2) is 41.0 Å². The highest BCUT2D eigenvalue weighted by Crippen LogP contribution is 2.13. The summed E-state index contributed by atoms with van der Waals surface area (Å²) in [6.07, 6.45) is 0.229. The molecule has 1 heterocycles. The van der Waals surface area contributed by atoms with E-state index in [0.29, 0.717) is 6.42 Å². The topological polar surface area (TPSA) is 86.7 Å². The van der Waals surface area contributed by atoms with Crippen molar-refractivity contribution in [2.24, 2.45) is 0 Å². The second-order valence-electron chi connectivity index (χ2n) is 4.49. The van der Waals surface area contributed by atoms with Crippen LogP contribution in [0, 0.1) is 0 Å². The molecule has 20 heavy (non-hydrogen) atoms. The minimum absolute atomic E-state index is 0.0547. The quantitative estimate of drug-likeness (QED) is 0.837. The molecule has 0 aliphatic rings. The Morgan fingerprint density at radius 1 is 1.40 bits per heavy atom. The first kappa shape index (κ1) is 16.2. The molecular formula is C13H18N2O4S. The van der Waals surface area contributed by atoms with Gasteiger partial charge in [-0.25, -0.2) is 4.79 Å². The van der Waals surface area contributed by atoms with Crippen LogP contribution < -0.4 is 5.32 Å². The standard InChI is InChI=1S/C13H18N2O4S/c1-9(8-10-4-3-7-20-10)15(2)13(19)14-11(16)5-6-12(17)18/h3-4,7,9H,5-6,8H2,1-2H3,(H,17,18)(H,14,16,19). The van der Waals surface area contributed by atoms with Crippen molar-refractivity contribution in [1.29, 1.82) is 0 Å². The van der Waals surface area contributed by atoms with Gasteiger partial charge in [0.15, 0.2) is 0 Å². The van der Waals surface area contributed by atoms with Crippen LogP contribution in [0.1, 0.15) is 24.6 Å². The predicted octanol–water partition coefficient (Wildman–Crippen LogP) is 1.71. The van der Waals surface area contributed by atoms with Gasteiger partial charge in [0.25, 0.3) is 0 Å². The molecule has 7 heteroatoms. The van der Waals surface area contributed by atoms with Crippen molar-refractivity contribution < 1.29 is 19.5 Å². The third-order valence-electron chi connectivity index (χ3n) is 2.87. The summed E-state index contributed by atoms with van der Waals surface area (Å²) in [7, 11) is 1.61. The lowest BCUT2D eigenvalue weighted by molar-refractivity contribution is -0.138. The molecule has 0 bridgehead atoms. The number of rotatable bonds is 6. The van der Waals surface area contributed by atoms with E-state index < -0.39 is 17.9 Å². The maximum Gasteiger partial charge on any atom is 0.324 e. The Kier molecular flexibility index (Phi) is 6.17. The van der Waals surface area contributed by atoms with Gasteiger partial charge in [0, 0.05) is 30.8 Å². The number of nitrogens with zero attached hydrogens (tertiary/aromatic N) is 1. The highest BCUT2D eigenvalue weighted by molar-refractivity contribution is 7.09. The number of likely N-dealkylation sites (N-methyl/N-ethyl adjacent to an activating group) is 1. The van der Waals surface area contributed by atoms with Crippen LogP contribution in [0.25, 0.3) is 0 Å². The second kappa shape index (κ2) is 7.64. The Hall–Kier alpha value is -1.89. The molecule has 1 aromatic heterocycles. The molecule has 1 unspecified atom stereocenters. The van der Waals surface area contributed by atoms with Gasteiger partial charge in [0.05, 0.1) is 6.42 Å². The van der Waals surface area contributed by atoms with E-state index in [4.69, 9.17) is 5.11 Å². The third kappa shape index (κ3) is 5.40. The Labute approximate surface area is 121 Å². The van der Waals surface area contributed by atoms with Crippen LogP contribution in [0.2, 0.25) is 0 Å². The highest BCUT2D eigenvalue weighted by Gasteiger charge is 2.18. The minimum Gasteiger partial charge on any atom is -0.481 e. The fraction of sp³-hybridized carbons (Fsp3) is 0.462. The smallest absolute Gasteiger partial charge is 0.324 e. The number of carbonyl (C=O) groups is 3. The van der Waals surface area contributed by atoms with Gasteiger partial charge in [-0.1, -0.05) is 6.07 Å². The van der Waals surface area contributed by atoms with Gasteiger partial charge >= 0.3 is 12.0 Å². The number of carboxylic acid groups (broad SMARTS) is 1. The summed E-state index contributed by atoms with van der Waals surface area (Å²) in [6, 6.07) is 3.37. The maximum absolute atomic E-state index is 11.8. The van der Waals surface area contributed by atoms with Gasteiger partial charge in [-0.3, -0.25) is 14.9 Å². The Morgan fingerprint density at radius 2 is 2.10 bits per heavy atom. The molecule has 0 fully saturated rings. The van der Waals surface area contributed by atoms with Crippen LogP contribution in [-0.2, 0) is 16.0 Å². The number of amides is 3. The molecular weight excluding hydrogens is 280 g/mol. The van der Waals surface area contributed by atoms with E-state index in [1.807, 2.05) is 24.4 Å². The minimum atomic E-state index is -1.06. The third-order valence-corrected chi connectivity index (χ3v) is 3.77. The van der Waals surface area contributed by atoms with Crippen molar-refractivity contribution in [3.8, 4) is 0 Å². The largest absolute Gasteiger partial charge is 0.481 e. The summed E-state index contributed by atoms with van der Waals surface area (Å²) in [5.41, 5.74) is 0. The molecule has 0 saturated heterocycles. The number of thiophene rings is 1. The summed E-state index contributed by atoms with van der Waals surface area (Å²) in [5, 5.41) is 12.6. The van der Waals surface area contributed by atoms with E-state index in [2.05, 4.69) is 5.32 Å². The summed E-state index contributed by atoms with van der Waals surface area (Å²) in [5.74, 6) is -1.64. The average Bonchev–Trinajstić information content (AvgIpc) is 2.88. The second-order valence-corrected chi connectivity index (χ2v) is 5.52. The molecule has 0 spiro atoms. The van der Waals surface area contributed by atoms with E-state index in [-0.39, 0.29) is 18.9 Å². The maximum atomic E-state index is 11.8. The number of nitrogens with one attached hydrogen (secondary N) is 1. The number of aliphatic carboxylic acids is 1. The molecule has 6 nitrogen and oxygen atoms in total. The van der Waals surface area contributed by atoms with Gasteiger partial charge in [0.2, 0.25) is 5.91 Å². The van der Waals surface area contributed by atoms with Crippen LogP contribution in [0.15, 0.2) is 17.5 Å². The zero-order chi connectivity index (χ0) is 15.1. The molecule has 1 atom stereocenters. The van der Waals surface area contributed by atoms with Gasteiger partial charge < -0.3 is 10.0 Å². The van der Waals surface area contributed by atoms with Crippen molar-refractivity contribution in [2.45, 2.75) is 32.2 Å². The van der Waals surface area contributed by atoms with Crippen LogP contribution in [0.5, 0.6) is 0 Å². The highest BCUT2D eigenvalue weighted by atomic mass is 32.1. The Morgan fingerprint density at radius 3 is 2.65 bits per heavy atom. The molecule has 110 valence electrons. The number of carboxylic acids is 1. The molecule has 1 aromatic rings. The lowest BCUT2D eigenvalue weighted by Gasteiger charge is -2.24. The number of carbonyl (C=O) groups excluding carboxylic acids is 2. The van der Waals surface area contributed by atoms with E-state index in [1.165, 1.54) is 4.90 Å². The van der Waals surface area contributed by atoms with Crippen LogP contribution >= 0.6 is 11.3 Å². The van der Waals surface area contributed by atoms with E-state index >= 15 is 0 Å². The first-order valence-corrected chi connectivity index (χ1v) is 7.09. The SMILES string of the molecule is CC(Cc1cccs1)N(C)C(=O)NC(=O)CCC(=O)O. The average molecular weight is 298 g/mol. The number of hydrogen-bond acceptors (Lipinski definition) is 4. The molecule has 0 aliphatic heterocycles. The fourth-order valence-electron chi connectivity index (χ4n) is 1.55. The van der Waals surface area contributed by atoms with Gasteiger partial charge in [0.1, 0.15) is 0 Å². The summed E-state index contributed by atoms with van der Waals surface area (Å²) in [4.78, 5) is 36.1. The summed E-state index contributed by atoms with van der Waals surface area (Å²) >= 11 is 1.62. The predicted molar refractivity (Wildman–Crippen MR) is 75.7 cm³/mol. The zero-order valence-electron chi connectivity index (χ0n) is 11.5. The van der Waals surface area contributed by atoms with Gasteiger partial charge in [-0.15, -0.1) is 11.3 Å². The van der Waals surface area contributed by atoms with E-state index in [1.54, 1.807) is 18.4 Å². The van der Waals surface area contributed by atoms with Crippen molar-refractivity contribution >= 4 is 29.2 Å². The molecule has 3 amide bonds. The van der Waals surface area contributed by atoms with Gasteiger partial charge in [-0.05, 0) is 18.4 Å². The molecule has 2 N–H and O–H groups in total. The molecule has 0 aliphatic carbocycles. The molecule has 0 aromatic carbocycles. The molecule has 0 saturated carbocycles. The van der Waals surface area contributed by atoms with Crippen molar-refractivity contribution in [3.63, 3.8) is 0 Å². The summed E-state index contributed by atoms with van der Waals surface area (Å²) < 4.78 is 0. The lowest BCUT2D eigenvalue weighted by atomic mass is 10.2. The van der Waals surface area contributed by atoms with E-state index in [9.17, 15) is 14.4 Å². The normalized spacial score (nSPS) is 11.7. The Balaban J connectivity index is 2.41. The zero-order valence-corrected chi connectivity index (χ0v) is 12.3. The number of hydrogen-bond donors (Lipinski definition) is 2. The number of imide groups is 1. The van der Waals surface area contributed by atoms with Crippen molar-refractivity contribution in [1.82, 2.24) is 10.2 Å². The summed E-state index contributed by atoms with van der Waals surface area (Å²) in [6.45, 7) is 1.89. The Bertz CT molecular complexity index is 473. The lowest BCUT2D eigenvalue weighted by Crippen LogP contribution is -2.45. The van der Waals surface area contributed by atoms with Gasteiger partial charge in [-0.2, -0.15) is 0 Å². The molecule has 1 rings (SSSR count). The first-order chi connectivity index (χ1) is 9.40.